The van der Waals surface area contributed by atoms with Crippen molar-refractivity contribution in [1.29, 1.82) is 0 Å². The SMILES string of the molecule is CCC1SC(=O)N(Cc2ccc(NC(=O)c3ccc(Cl)nn3)cc2)N=C1c1ccc(S(C)(=O)=O)cc1. The maximum Gasteiger partial charge on any atom is 0.302 e. The maximum atomic E-state index is 12.7. The summed E-state index contributed by atoms with van der Waals surface area (Å²) < 4.78 is 23.6. The van der Waals surface area contributed by atoms with Crippen LogP contribution in [0.4, 0.5) is 10.5 Å². The van der Waals surface area contributed by atoms with Crippen molar-refractivity contribution in [2.75, 3.05) is 11.6 Å². The van der Waals surface area contributed by atoms with E-state index in [1.54, 1.807) is 48.5 Å². The van der Waals surface area contributed by atoms with Crippen LogP contribution in [-0.2, 0) is 16.4 Å². The number of thioether (sulfide) groups is 1. The summed E-state index contributed by atoms with van der Waals surface area (Å²) in [6.07, 6.45) is 1.86. The Labute approximate surface area is 217 Å². The van der Waals surface area contributed by atoms with Crippen LogP contribution in [0.3, 0.4) is 0 Å². The minimum Gasteiger partial charge on any atom is -0.321 e. The molecular formula is C24H22ClN5O4S2. The number of nitrogens with zero attached hydrogens (tertiary/aromatic N) is 4. The molecular weight excluding hydrogens is 522 g/mol. The molecule has 0 fully saturated rings. The lowest BCUT2D eigenvalue weighted by molar-refractivity contribution is 0.102. The molecule has 2 heterocycles. The summed E-state index contributed by atoms with van der Waals surface area (Å²) in [5, 5.41) is 16.1. The first kappa shape index (κ1) is 25.8. The zero-order valence-corrected chi connectivity index (χ0v) is 21.8. The first-order valence-electron chi connectivity index (χ1n) is 10.9. The van der Waals surface area contributed by atoms with E-state index >= 15 is 0 Å². The summed E-state index contributed by atoms with van der Waals surface area (Å²) >= 11 is 6.90. The van der Waals surface area contributed by atoms with Crippen LogP contribution in [0, 0.1) is 0 Å². The average Bonchev–Trinajstić information content (AvgIpc) is 2.86. The average molecular weight is 544 g/mol. The number of halogens is 1. The number of carbonyl (C=O) groups excluding carboxylic acids is 2. The topological polar surface area (TPSA) is 122 Å². The van der Waals surface area contributed by atoms with Crippen LogP contribution in [0.15, 0.2) is 70.7 Å². The van der Waals surface area contributed by atoms with Gasteiger partial charge in [-0.05, 0) is 53.9 Å². The molecule has 36 heavy (non-hydrogen) atoms. The molecule has 0 saturated heterocycles. The number of sulfone groups is 1. The molecule has 0 aliphatic carbocycles. The van der Waals surface area contributed by atoms with E-state index in [-0.39, 0.29) is 32.8 Å². The van der Waals surface area contributed by atoms with Gasteiger partial charge in [0.25, 0.3) is 5.91 Å². The number of anilines is 1. The highest BCUT2D eigenvalue weighted by Crippen LogP contribution is 2.30. The molecule has 9 nitrogen and oxygen atoms in total. The lowest BCUT2D eigenvalue weighted by atomic mass is 10.1. The minimum atomic E-state index is -3.31. The van der Waals surface area contributed by atoms with Gasteiger partial charge in [-0.2, -0.15) is 5.10 Å². The van der Waals surface area contributed by atoms with E-state index in [1.807, 2.05) is 6.92 Å². The van der Waals surface area contributed by atoms with Gasteiger partial charge in [0, 0.05) is 11.9 Å². The fourth-order valence-electron chi connectivity index (χ4n) is 3.47. The van der Waals surface area contributed by atoms with E-state index in [4.69, 9.17) is 11.6 Å². The molecule has 1 aliphatic rings. The highest BCUT2D eigenvalue weighted by molar-refractivity contribution is 8.14. The monoisotopic (exact) mass is 543 g/mol. The van der Waals surface area contributed by atoms with Gasteiger partial charge in [-0.3, -0.25) is 9.59 Å². The van der Waals surface area contributed by atoms with E-state index in [9.17, 15) is 18.0 Å². The molecule has 1 aromatic heterocycles. The number of aromatic nitrogens is 2. The van der Waals surface area contributed by atoms with Crippen molar-refractivity contribution in [3.63, 3.8) is 0 Å². The third-order valence-electron chi connectivity index (χ3n) is 5.35. The molecule has 186 valence electrons. The lowest BCUT2D eigenvalue weighted by Crippen LogP contribution is -2.34. The summed E-state index contributed by atoms with van der Waals surface area (Å²) in [6, 6.07) is 16.5. The van der Waals surface area contributed by atoms with Crippen LogP contribution in [0.1, 0.15) is 35.0 Å². The van der Waals surface area contributed by atoms with E-state index in [2.05, 4.69) is 20.6 Å². The smallest absolute Gasteiger partial charge is 0.302 e. The minimum absolute atomic E-state index is 0.133. The molecule has 2 amide bonds. The van der Waals surface area contributed by atoms with Gasteiger partial charge in [-0.25, -0.2) is 13.4 Å². The van der Waals surface area contributed by atoms with Crippen molar-refractivity contribution in [3.05, 3.63) is 82.6 Å². The summed E-state index contributed by atoms with van der Waals surface area (Å²) in [6.45, 7) is 2.22. The van der Waals surface area contributed by atoms with Crippen LogP contribution >= 0.6 is 23.4 Å². The van der Waals surface area contributed by atoms with Crippen LogP contribution < -0.4 is 5.32 Å². The predicted molar refractivity (Wildman–Crippen MR) is 140 cm³/mol. The van der Waals surface area contributed by atoms with Gasteiger partial charge in [0.2, 0.25) is 0 Å². The van der Waals surface area contributed by atoms with Crippen LogP contribution in [-0.4, -0.2) is 52.0 Å². The van der Waals surface area contributed by atoms with Crippen molar-refractivity contribution >= 4 is 55.7 Å². The fraction of sp³-hybridized carbons (Fsp3) is 0.208. The van der Waals surface area contributed by atoms with Gasteiger partial charge >= 0.3 is 5.24 Å². The molecule has 0 spiro atoms. The Morgan fingerprint density at radius 1 is 1.06 bits per heavy atom. The fourth-order valence-corrected chi connectivity index (χ4v) is 5.13. The number of benzene rings is 2. The molecule has 12 heteroatoms. The highest BCUT2D eigenvalue weighted by Gasteiger charge is 2.30. The predicted octanol–water partition coefficient (Wildman–Crippen LogP) is 4.64. The zero-order chi connectivity index (χ0) is 25.9. The molecule has 0 radical (unpaired) electrons. The number of hydrazone groups is 1. The van der Waals surface area contributed by atoms with Crippen molar-refractivity contribution in [2.24, 2.45) is 5.10 Å². The van der Waals surface area contributed by atoms with Crippen molar-refractivity contribution in [2.45, 2.75) is 30.0 Å². The Morgan fingerprint density at radius 3 is 2.33 bits per heavy atom. The Morgan fingerprint density at radius 2 is 1.75 bits per heavy atom. The molecule has 3 aromatic rings. The largest absolute Gasteiger partial charge is 0.321 e. The normalized spacial score (nSPS) is 16.0. The van der Waals surface area contributed by atoms with Gasteiger partial charge in [0.15, 0.2) is 20.7 Å². The summed E-state index contributed by atoms with van der Waals surface area (Å²) in [7, 11) is -3.31. The third-order valence-corrected chi connectivity index (χ3v) is 7.93. The number of carbonyl (C=O) groups is 2. The number of nitrogens with one attached hydrogen (secondary N) is 1. The number of hydrogen-bond donors (Lipinski definition) is 1. The summed E-state index contributed by atoms with van der Waals surface area (Å²) in [5.74, 6) is -0.420. The van der Waals surface area contributed by atoms with Gasteiger partial charge in [-0.15, -0.1) is 10.2 Å². The summed E-state index contributed by atoms with van der Waals surface area (Å²) in [5.41, 5.74) is 2.99. The molecule has 0 saturated carbocycles. The Balaban J connectivity index is 1.49. The Kier molecular flexibility index (Phi) is 7.72. The third kappa shape index (κ3) is 6.10. The molecule has 2 aromatic carbocycles. The molecule has 1 N–H and O–H groups in total. The second-order valence-corrected chi connectivity index (χ2v) is 11.6. The van der Waals surface area contributed by atoms with Crippen LogP contribution in [0.5, 0.6) is 0 Å². The molecule has 4 rings (SSSR count). The van der Waals surface area contributed by atoms with Crippen molar-refractivity contribution in [3.8, 4) is 0 Å². The lowest BCUT2D eigenvalue weighted by Gasteiger charge is -2.28. The van der Waals surface area contributed by atoms with E-state index in [1.165, 1.54) is 28.9 Å². The number of hydrogen-bond acceptors (Lipinski definition) is 8. The van der Waals surface area contributed by atoms with Crippen LogP contribution in [0.2, 0.25) is 5.15 Å². The molecule has 0 bridgehead atoms. The van der Waals surface area contributed by atoms with E-state index in [0.717, 1.165) is 23.1 Å². The van der Waals surface area contributed by atoms with Crippen LogP contribution in [0.25, 0.3) is 0 Å². The quantitative estimate of drug-likeness (QED) is 0.460. The first-order chi connectivity index (χ1) is 17.1. The van der Waals surface area contributed by atoms with Gasteiger partial charge in [-0.1, -0.05) is 54.6 Å². The number of rotatable bonds is 7. The van der Waals surface area contributed by atoms with Gasteiger partial charge in [0.1, 0.15) is 0 Å². The Hall–Kier alpha value is -3.28. The van der Waals surface area contributed by atoms with E-state index < -0.39 is 15.7 Å². The van der Waals surface area contributed by atoms with Gasteiger partial charge in [0.05, 0.1) is 22.4 Å². The van der Waals surface area contributed by atoms with Gasteiger partial charge < -0.3 is 5.32 Å². The Bertz CT molecular complexity index is 1410. The van der Waals surface area contributed by atoms with Crippen molar-refractivity contribution in [1.82, 2.24) is 15.2 Å². The molecule has 1 aliphatic heterocycles. The first-order valence-corrected chi connectivity index (χ1v) is 14.1. The molecule has 1 atom stereocenters. The number of amides is 2. The standard InChI is InChI=1S/C24H22ClN5O4S2/c1-3-20-22(16-6-10-18(11-7-16)36(2,33)34)29-30(24(32)35-20)14-15-4-8-17(9-5-15)26-23(31)19-12-13-21(25)28-27-19/h4-13,20H,3,14H2,1-2H3,(H,26,31). The second-order valence-electron chi connectivity index (χ2n) is 8.01. The zero-order valence-electron chi connectivity index (χ0n) is 19.4. The highest BCUT2D eigenvalue weighted by atomic mass is 35.5. The van der Waals surface area contributed by atoms with Crippen molar-refractivity contribution < 1.29 is 18.0 Å². The maximum absolute atomic E-state index is 12.7. The van der Waals surface area contributed by atoms with E-state index in [0.29, 0.717) is 12.1 Å². The second kappa shape index (κ2) is 10.8. The summed E-state index contributed by atoms with van der Waals surface area (Å²) in [4.78, 5) is 25.3. The molecule has 1 unspecified atom stereocenters.